The van der Waals surface area contributed by atoms with Crippen LogP contribution in [0.3, 0.4) is 0 Å². The van der Waals surface area contributed by atoms with E-state index in [4.69, 9.17) is 4.98 Å². The molecule has 3 heteroatoms. The average Bonchev–Trinajstić information content (AvgIpc) is 2.93. The van der Waals surface area contributed by atoms with Crippen molar-refractivity contribution in [2.75, 3.05) is 6.54 Å². The molecule has 1 heterocycles. The lowest BCUT2D eigenvalue weighted by Crippen LogP contribution is -2.14. The van der Waals surface area contributed by atoms with Crippen LogP contribution >= 0.6 is 11.3 Å². The molecule has 1 unspecified atom stereocenters. The molecule has 2 aromatic rings. The number of hydrogen-bond acceptors (Lipinski definition) is 3. The van der Waals surface area contributed by atoms with Crippen LogP contribution in [0.5, 0.6) is 0 Å². The monoisotopic (exact) mass is 272 g/mol. The number of aromatic nitrogens is 1. The zero-order valence-electron chi connectivity index (χ0n) is 11.4. The molecule has 1 aliphatic rings. The van der Waals surface area contributed by atoms with E-state index >= 15 is 0 Å². The normalized spacial score (nSPS) is 18.3. The minimum Gasteiger partial charge on any atom is -0.311 e. The molecule has 2 nitrogen and oxygen atoms in total. The Labute approximate surface area is 118 Å². The SMILES string of the molecule is CCNCc1csc(C2CCc3ccccc3C2)n1. The summed E-state index contributed by atoms with van der Waals surface area (Å²) in [6.45, 7) is 4.03. The standard InChI is InChI=1S/C16H20N2S/c1-2-17-10-15-11-19-16(18-15)14-8-7-12-5-3-4-6-13(12)9-14/h3-6,11,14,17H,2,7-10H2,1H3. The largest absolute Gasteiger partial charge is 0.311 e. The summed E-state index contributed by atoms with van der Waals surface area (Å²) >= 11 is 1.83. The Morgan fingerprint density at radius 3 is 3.00 bits per heavy atom. The van der Waals surface area contributed by atoms with Gasteiger partial charge in [0.25, 0.3) is 0 Å². The minimum absolute atomic E-state index is 0.621. The summed E-state index contributed by atoms with van der Waals surface area (Å²) in [7, 11) is 0. The lowest BCUT2D eigenvalue weighted by atomic mass is 9.84. The topological polar surface area (TPSA) is 24.9 Å². The van der Waals surface area contributed by atoms with Gasteiger partial charge in [-0.15, -0.1) is 11.3 Å². The van der Waals surface area contributed by atoms with E-state index < -0.39 is 0 Å². The van der Waals surface area contributed by atoms with Crippen LogP contribution in [0, 0.1) is 0 Å². The van der Waals surface area contributed by atoms with Gasteiger partial charge in [0.05, 0.1) is 10.7 Å². The molecule has 0 fully saturated rings. The Balaban J connectivity index is 1.72. The highest BCUT2D eigenvalue weighted by Crippen LogP contribution is 2.33. The van der Waals surface area contributed by atoms with Crippen LogP contribution in [-0.2, 0) is 19.4 Å². The highest BCUT2D eigenvalue weighted by Gasteiger charge is 2.22. The molecule has 1 aromatic heterocycles. The van der Waals surface area contributed by atoms with Gasteiger partial charge in [0, 0.05) is 17.8 Å². The first-order valence-electron chi connectivity index (χ1n) is 7.08. The molecule has 0 aliphatic heterocycles. The molecular formula is C16H20N2S. The maximum Gasteiger partial charge on any atom is 0.0963 e. The summed E-state index contributed by atoms with van der Waals surface area (Å²) in [4.78, 5) is 4.80. The number of rotatable bonds is 4. The van der Waals surface area contributed by atoms with E-state index in [1.807, 2.05) is 11.3 Å². The van der Waals surface area contributed by atoms with Crippen LogP contribution in [-0.4, -0.2) is 11.5 Å². The van der Waals surface area contributed by atoms with Gasteiger partial charge in [-0.25, -0.2) is 4.98 Å². The molecular weight excluding hydrogens is 252 g/mol. The van der Waals surface area contributed by atoms with E-state index in [1.165, 1.54) is 34.7 Å². The number of hydrogen-bond donors (Lipinski definition) is 1. The van der Waals surface area contributed by atoms with Gasteiger partial charge in [0.2, 0.25) is 0 Å². The lowest BCUT2D eigenvalue weighted by molar-refractivity contribution is 0.579. The van der Waals surface area contributed by atoms with Crippen molar-refractivity contribution in [1.29, 1.82) is 0 Å². The van der Waals surface area contributed by atoms with Crippen LogP contribution in [0.15, 0.2) is 29.6 Å². The Morgan fingerprint density at radius 2 is 2.16 bits per heavy atom. The average molecular weight is 272 g/mol. The van der Waals surface area contributed by atoms with Crippen molar-refractivity contribution in [2.24, 2.45) is 0 Å². The summed E-state index contributed by atoms with van der Waals surface area (Å²) in [6.07, 6.45) is 3.60. The highest BCUT2D eigenvalue weighted by atomic mass is 32.1. The van der Waals surface area contributed by atoms with Crippen LogP contribution in [0.1, 0.15) is 41.1 Å². The van der Waals surface area contributed by atoms with Gasteiger partial charge in [-0.1, -0.05) is 31.2 Å². The molecule has 1 atom stereocenters. The molecule has 19 heavy (non-hydrogen) atoms. The second kappa shape index (κ2) is 5.85. The molecule has 1 aliphatic carbocycles. The molecule has 0 saturated carbocycles. The first-order valence-corrected chi connectivity index (χ1v) is 7.96. The Kier molecular flexibility index (Phi) is 3.95. The third-order valence-electron chi connectivity index (χ3n) is 3.82. The third-order valence-corrected chi connectivity index (χ3v) is 4.88. The van der Waals surface area contributed by atoms with Gasteiger partial charge in [-0.3, -0.25) is 0 Å². The van der Waals surface area contributed by atoms with Crippen molar-refractivity contribution in [2.45, 2.75) is 38.6 Å². The molecule has 0 radical (unpaired) electrons. The van der Waals surface area contributed by atoms with E-state index in [0.29, 0.717) is 5.92 Å². The zero-order valence-corrected chi connectivity index (χ0v) is 12.2. The summed E-state index contributed by atoms with van der Waals surface area (Å²) in [5.74, 6) is 0.621. The third kappa shape index (κ3) is 2.88. The van der Waals surface area contributed by atoms with Crippen LogP contribution in [0.25, 0.3) is 0 Å². The van der Waals surface area contributed by atoms with Crippen LogP contribution < -0.4 is 5.32 Å². The van der Waals surface area contributed by atoms with Crippen molar-refractivity contribution in [1.82, 2.24) is 10.3 Å². The zero-order chi connectivity index (χ0) is 13.1. The van der Waals surface area contributed by atoms with Crippen molar-refractivity contribution in [3.8, 4) is 0 Å². The Hall–Kier alpha value is -1.19. The molecule has 0 saturated heterocycles. The minimum atomic E-state index is 0.621. The van der Waals surface area contributed by atoms with Gasteiger partial charge < -0.3 is 5.32 Å². The summed E-state index contributed by atoms with van der Waals surface area (Å²) < 4.78 is 0. The van der Waals surface area contributed by atoms with Crippen molar-refractivity contribution >= 4 is 11.3 Å². The van der Waals surface area contributed by atoms with Gasteiger partial charge in [-0.05, 0) is 36.9 Å². The lowest BCUT2D eigenvalue weighted by Gasteiger charge is -2.22. The Bertz CT molecular complexity index is 547. The van der Waals surface area contributed by atoms with Gasteiger partial charge in [0.1, 0.15) is 0 Å². The van der Waals surface area contributed by atoms with Gasteiger partial charge >= 0.3 is 0 Å². The number of benzene rings is 1. The summed E-state index contributed by atoms with van der Waals surface area (Å²) in [5, 5.41) is 6.87. The number of nitrogens with zero attached hydrogens (tertiary/aromatic N) is 1. The summed E-state index contributed by atoms with van der Waals surface area (Å²) in [5.41, 5.74) is 4.24. The number of fused-ring (bicyclic) bond motifs is 1. The van der Waals surface area contributed by atoms with Crippen molar-refractivity contribution < 1.29 is 0 Å². The summed E-state index contributed by atoms with van der Waals surface area (Å²) in [6, 6.07) is 8.84. The molecule has 0 bridgehead atoms. The first kappa shape index (κ1) is 12.8. The fraction of sp³-hybridized carbons (Fsp3) is 0.438. The second-order valence-corrected chi connectivity index (χ2v) is 6.06. The maximum absolute atomic E-state index is 4.80. The highest BCUT2D eigenvalue weighted by molar-refractivity contribution is 7.09. The molecule has 1 aromatic carbocycles. The van der Waals surface area contributed by atoms with Gasteiger partial charge in [0.15, 0.2) is 0 Å². The fourth-order valence-electron chi connectivity index (χ4n) is 2.75. The molecule has 0 amide bonds. The van der Waals surface area contributed by atoms with Gasteiger partial charge in [-0.2, -0.15) is 0 Å². The predicted octanol–water partition coefficient (Wildman–Crippen LogP) is 3.53. The van der Waals surface area contributed by atoms with Crippen molar-refractivity contribution in [3.05, 3.63) is 51.5 Å². The molecule has 0 spiro atoms. The number of nitrogens with one attached hydrogen (secondary N) is 1. The number of aryl methyl sites for hydroxylation is 1. The molecule has 3 rings (SSSR count). The Morgan fingerprint density at radius 1 is 1.32 bits per heavy atom. The maximum atomic E-state index is 4.80. The van der Waals surface area contributed by atoms with Crippen molar-refractivity contribution in [3.63, 3.8) is 0 Å². The van der Waals surface area contributed by atoms with Crippen LogP contribution in [0.4, 0.5) is 0 Å². The van der Waals surface area contributed by atoms with Crippen LogP contribution in [0.2, 0.25) is 0 Å². The second-order valence-electron chi connectivity index (χ2n) is 5.17. The van der Waals surface area contributed by atoms with E-state index in [0.717, 1.165) is 19.5 Å². The first-order chi connectivity index (χ1) is 9.36. The van der Waals surface area contributed by atoms with E-state index in [9.17, 15) is 0 Å². The van der Waals surface area contributed by atoms with E-state index in [2.05, 4.69) is 41.9 Å². The quantitative estimate of drug-likeness (QED) is 0.921. The molecule has 100 valence electrons. The molecule has 1 N–H and O–H groups in total. The van der Waals surface area contributed by atoms with E-state index in [-0.39, 0.29) is 0 Å². The number of thiazole rings is 1. The predicted molar refractivity (Wildman–Crippen MR) is 80.7 cm³/mol. The fourth-order valence-corrected chi connectivity index (χ4v) is 3.71. The van der Waals surface area contributed by atoms with E-state index in [1.54, 1.807) is 0 Å². The smallest absolute Gasteiger partial charge is 0.0963 e.